The zero-order chi connectivity index (χ0) is 14.8. The summed E-state index contributed by atoms with van der Waals surface area (Å²) in [4.78, 5) is 0. The van der Waals surface area contributed by atoms with Gasteiger partial charge in [-0.15, -0.1) is 12.4 Å². The molecule has 0 aromatic heterocycles. The lowest BCUT2D eigenvalue weighted by molar-refractivity contribution is 0.0398. The van der Waals surface area contributed by atoms with Gasteiger partial charge in [0.1, 0.15) is 0 Å². The first-order valence-corrected chi connectivity index (χ1v) is 6.86. The van der Waals surface area contributed by atoms with Gasteiger partial charge in [0.25, 0.3) is 0 Å². The van der Waals surface area contributed by atoms with E-state index in [4.69, 9.17) is 15.2 Å². The fourth-order valence-electron chi connectivity index (χ4n) is 1.83. The Balaban J connectivity index is 0.00000361. The van der Waals surface area contributed by atoms with Crippen molar-refractivity contribution in [2.45, 2.75) is 32.9 Å². The molecule has 0 fully saturated rings. The van der Waals surface area contributed by atoms with Crippen LogP contribution in [0.1, 0.15) is 32.4 Å². The minimum atomic E-state index is -0.665. The largest absolute Gasteiger partial charge is 0.493 e. The molecule has 0 unspecified atom stereocenters. The van der Waals surface area contributed by atoms with Crippen LogP contribution >= 0.6 is 28.3 Å². The predicted molar refractivity (Wildman–Crippen MR) is 86.9 cm³/mol. The van der Waals surface area contributed by atoms with Gasteiger partial charge in [-0.05, 0) is 23.1 Å². The second kappa shape index (κ2) is 7.50. The maximum atomic E-state index is 10.3. The zero-order valence-electron chi connectivity index (χ0n) is 12.4. The van der Waals surface area contributed by atoms with Gasteiger partial charge < -0.3 is 20.3 Å². The van der Waals surface area contributed by atoms with E-state index in [0.29, 0.717) is 11.5 Å². The minimum Gasteiger partial charge on any atom is -0.493 e. The molecule has 0 heterocycles. The Morgan fingerprint density at radius 2 is 1.60 bits per heavy atom. The zero-order valence-corrected chi connectivity index (χ0v) is 14.8. The number of aliphatic hydroxyl groups excluding tert-OH is 1. The van der Waals surface area contributed by atoms with E-state index in [9.17, 15) is 5.11 Å². The van der Waals surface area contributed by atoms with E-state index in [1.807, 2.05) is 20.8 Å². The minimum absolute atomic E-state index is 0. The van der Waals surface area contributed by atoms with Crippen LogP contribution in [0, 0.1) is 5.41 Å². The van der Waals surface area contributed by atoms with Gasteiger partial charge in [0.05, 0.1) is 26.4 Å². The Morgan fingerprint density at radius 1 is 1.15 bits per heavy atom. The molecule has 1 aromatic rings. The van der Waals surface area contributed by atoms with Gasteiger partial charge >= 0.3 is 0 Å². The number of rotatable bonds is 4. The third-order valence-electron chi connectivity index (χ3n) is 3.09. The summed E-state index contributed by atoms with van der Waals surface area (Å²) in [6.45, 7) is 5.85. The van der Waals surface area contributed by atoms with Crippen molar-refractivity contribution in [3.63, 3.8) is 0 Å². The number of benzene rings is 1. The fourth-order valence-corrected chi connectivity index (χ4v) is 2.42. The summed E-state index contributed by atoms with van der Waals surface area (Å²) in [6.07, 6.45) is -0.665. The summed E-state index contributed by atoms with van der Waals surface area (Å²) in [5.41, 5.74) is 6.66. The number of hydrogen-bond acceptors (Lipinski definition) is 4. The Bertz CT molecular complexity index is 449. The number of hydrogen-bond donors (Lipinski definition) is 2. The smallest absolute Gasteiger partial charge is 0.161 e. The second-order valence-corrected chi connectivity index (χ2v) is 6.42. The summed E-state index contributed by atoms with van der Waals surface area (Å²) in [7, 11) is 3.15. The average Bonchev–Trinajstić information content (AvgIpc) is 2.35. The molecule has 0 amide bonds. The van der Waals surface area contributed by atoms with Gasteiger partial charge in [0.15, 0.2) is 11.5 Å². The molecular formula is C14H23BrClNO3. The third kappa shape index (κ3) is 4.25. The van der Waals surface area contributed by atoms with Gasteiger partial charge in [0, 0.05) is 4.47 Å². The number of methoxy groups -OCH3 is 2. The highest BCUT2D eigenvalue weighted by molar-refractivity contribution is 9.10. The van der Waals surface area contributed by atoms with Crippen LogP contribution < -0.4 is 15.2 Å². The molecule has 3 N–H and O–H groups in total. The monoisotopic (exact) mass is 367 g/mol. The average molecular weight is 369 g/mol. The van der Waals surface area contributed by atoms with Crippen molar-refractivity contribution < 1.29 is 14.6 Å². The number of halogens is 2. The van der Waals surface area contributed by atoms with E-state index < -0.39 is 12.1 Å². The molecule has 4 nitrogen and oxygen atoms in total. The van der Waals surface area contributed by atoms with E-state index in [0.717, 1.165) is 10.0 Å². The SMILES string of the molecule is COc1cc(Br)c([C@H](N)[C@H](O)C(C)(C)C)cc1OC.Cl. The molecule has 1 aromatic carbocycles. The highest BCUT2D eigenvalue weighted by Crippen LogP contribution is 2.38. The maximum Gasteiger partial charge on any atom is 0.161 e. The van der Waals surface area contributed by atoms with Crippen LogP contribution in [0.25, 0.3) is 0 Å². The van der Waals surface area contributed by atoms with Gasteiger partial charge in [-0.3, -0.25) is 0 Å². The first kappa shape index (κ1) is 19.5. The van der Waals surface area contributed by atoms with Crippen LogP contribution in [-0.2, 0) is 0 Å². The molecule has 0 aliphatic heterocycles. The Labute approximate surface area is 135 Å². The predicted octanol–water partition coefficient (Wildman–Crippen LogP) is 3.29. The van der Waals surface area contributed by atoms with E-state index in [1.54, 1.807) is 26.4 Å². The van der Waals surface area contributed by atoms with E-state index >= 15 is 0 Å². The molecule has 116 valence electrons. The third-order valence-corrected chi connectivity index (χ3v) is 3.78. The summed E-state index contributed by atoms with van der Waals surface area (Å²) in [5.74, 6) is 1.22. The second-order valence-electron chi connectivity index (χ2n) is 5.57. The molecule has 6 heteroatoms. The summed E-state index contributed by atoms with van der Waals surface area (Å²) in [5, 5.41) is 10.3. The summed E-state index contributed by atoms with van der Waals surface area (Å²) in [6, 6.07) is 3.08. The molecule has 0 saturated carbocycles. The van der Waals surface area contributed by atoms with Gasteiger partial charge in [0.2, 0.25) is 0 Å². The summed E-state index contributed by atoms with van der Waals surface area (Å²) >= 11 is 3.46. The van der Waals surface area contributed by atoms with Crippen molar-refractivity contribution in [2.75, 3.05) is 14.2 Å². The Morgan fingerprint density at radius 3 is 2.00 bits per heavy atom. The first-order chi connectivity index (χ1) is 8.72. The van der Waals surface area contributed by atoms with Gasteiger partial charge in [-0.1, -0.05) is 36.7 Å². The normalized spacial score (nSPS) is 14.2. The lowest BCUT2D eigenvalue weighted by Gasteiger charge is -2.31. The standard InChI is InChI=1S/C14H22BrNO3.ClH/c1-14(2,3)13(17)12(16)8-6-10(18-4)11(19-5)7-9(8)15;/h6-7,12-13,17H,16H2,1-5H3;1H/t12-,13-;/m0./s1. The topological polar surface area (TPSA) is 64.7 Å². The molecule has 0 radical (unpaired) electrons. The maximum absolute atomic E-state index is 10.3. The van der Waals surface area contributed by atoms with E-state index in [1.165, 1.54) is 0 Å². The van der Waals surface area contributed by atoms with Crippen molar-refractivity contribution in [1.29, 1.82) is 0 Å². The molecule has 0 saturated heterocycles. The quantitative estimate of drug-likeness (QED) is 0.856. The van der Waals surface area contributed by atoms with Crippen molar-refractivity contribution in [3.8, 4) is 11.5 Å². The van der Waals surface area contributed by atoms with Gasteiger partial charge in [-0.2, -0.15) is 0 Å². The Kier molecular flexibility index (Phi) is 7.32. The highest BCUT2D eigenvalue weighted by Gasteiger charge is 2.30. The van der Waals surface area contributed by atoms with Crippen LogP contribution in [0.3, 0.4) is 0 Å². The number of ether oxygens (including phenoxy) is 2. The first-order valence-electron chi connectivity index (χ1n) is 6.07. The molecule has 0 spiro atoms. The Hall–Kier alpha value is -0.490. The number of nitrogens with two attached hydrogens (primary N) is 1. The fraction of sp³-hybridized carbons (Fsp3) is 0.571. The lowest BCUT2D eigenvalue weighted by atomic mass is 9.82. The van der Waals surface area contributed by atoms with E-state index in [-0.39, 0.29) is 17.8 Å². The van der Waals surface area contributed by atoms with Crippen molar-refractivity contribution in [2.24, 2.45) is 11.1 Å². The number of aliphatic hydroxyl groups is 1. The van der Waals surface area contributed by atoms with Crippen LogP contribution in [0.2, 0.25) is 0 Å². The van der Waals surface area contributed by atoms with Crippen molar-refractivity contribution >= 4 is 28.3 Å². The summed E-state index contributed by atoms with van der Waals surface area (Å²) < 4.78 is 11.3. The van der Waals surface area contributed by atoms with Crippen LogP contribution in [-0.4, -0.2) is 25.4 Å². The van der Waals surface area contributed by atoms with Crippen LogP contribution in [0.4, 0.5) is 0 Å². The van der Waals surface area contributed by atoms with Crippen molar-refractivity contribution in [3.05, 3.63) is 22.2 Å². The van der Waals surface area contributed by atoms with Crippen LogP contribution in [0.5, 0.6) is 11.5 Å². The van der Waals surface area contributed by atoms with Crippen LogP contribution in [0.15, 0.2) is 16.6 Å². The molecule has 2 atom stereocenters. The lowest BCUT2D eigenvalue weighted by Crippen LogP contribution is -2.37. The van der Waals surface area contributed by atoms with Gasteiger partial charge in [-0.25, -0.2) is 0 Å². The molecule has 0 aliphatic rings. The molecule has 0 bridgehead atoms. The molecular weight excluding hydrogens is 346 g/mol. The molecule has 0 aliphatic carbocycles. The molecule has 20 heavy (non-hydrogen) atoms. The van der Waals surface area contributed by atoms with Crippen molar-refractivity contribution in [1.82, 2.24) is 0 Å². The highest BCUT2D eigenvalue weighted by atomic mass is 79.9. The van der Waals surface area contributed by atoms with E-state index in [2.05, 4.69) is 15.9 Å². The molecule has 1 rings (SSSR count).